The maximum absolute atomic E-state index is 12.7. The Morgan fingerprint density at radius 3 is 2.72 bits per heavy atom. The molecule has 1 saturated heterocycles. The van der Waals surface area contributed by atoms with Crippen LogP contribution in [0.15, 0.2) is 48.5 Å². The Morgan fingerprint density at radius 2 is 1.96 bits per heavy atom. The summed E-state index contributed by atoms with van der Waals surface area (Å²) in [6.45, 7) is 3.10. The van der Waals surface area contributed by atoms with Gasteiger partial charge in [0.1, 0.15) is 0 Å². The standard InChI is InChI=1S/C20H21ClN2O2/c1-14-5-2-6-15(11-14)20(25)23-10-4-7-16(13-23)19(24)22-18-9-3-8-17(21)12-18/h2-3,5-6,8-9,11-12,16H,4,7,10,13H2,1H3,(H,22,24)/t16-/m0/s1. The zero-order valence-electron chi connectivity index (χ0n) is 14.2. The molecular weight excluding hydrogens is 336 g/mol. The number of hydrogen-bond acceptors (Lipinski definition) is 2. The molecule has 25 heavy (non-hydrogen) atoms. The van der Waals surface area contributed by atoms with Gasteiger partial charge in [0.05, 0.1) is 5.92 Å². The molecule has 1 aliphatic heterocycles. The van der Waals surface area contributed by atoms with Crippen LogP contribution >= 0.6 is 11.6 Å². The van der Waals surface area contributed by atoms with E-state index in [0.717, 1.165) is 18.4 Å². The Morgan fingerprint density at radius 1 is 1.16 bits per heavy atom. The smallest absolute Gasteiger partial charge is 0.253 e. The molecule has 0 aliphatic carbocycles. The first-order valence-corrected chi connectivity index (χ1v) is 8.83. The fraction of sp³-hybridized carbons (Fsp3) is 0.300. The van der Waals surface area contributed by atoms with Gasteiger partial charge in [-0.3, -0.25) is 9.59 Å². The van der Waals surface area contributed by atoms with E-state index in [2.05, 4.69) is 5.32 Å². The third kappa shape index (κ3) is 4.40. The molecule has 1 N–H and O–H groups in total. The van der Waals surface area contributed by atoms with Crippen LogP contribution in [-0.2, 0) is 4.79 Å². The van der Waals surface area contributed by atoms with Crippen molar-refractivity contribution in [1.29, 1.82) is 0 Å². The van der Waals surface area contributed by atoms with Crippen LogP contribution in [-0.4, -0.2) is 29.8 Å². The lowest BCUT2D eigenvalue weighted by molar-refractivity contribution is -0.121. The van der Waals surface area contributed by atoms with Gasteiger partial charge in [-0.2, -0.15) is 0 Å². The highest BCUT2D eigenvalue weighted by Crippen LogP contribution is 2.22. The van der Waals surface area contributed by atoms with Crippen LogP contribution in [0.1, 0.15) is 28.8 Å². The molecule has 1 atom stereocenters. The van der Waals surface area contributed by atoms with E-state index in [0.29, 0.717) is 29.4 Å². The summed E-state index contributed by atoms with van der Waals surface area (Å²) < 4.78 is 0. The van der Waals surface area contributed by atoms with Crippen LogP contribution in [0, 0.1) is 12.8 Å². The minimum atomic E-state index is -0.207. The number of benzene rings is 2. The molecule has 1 heterocycles. The second-order valence-electron chi connectivity index (χ2n) is 6.46. The maximum Gasteiger partial charge on any atom is 0.253 e. The molecule has 130 valence electrons. The number of halogens is 1. The summed E-state index contributed by atoms with van der Waals surface area (Å²) in [7, 11) is 0. The second-order valence-corrected chi connectivity index (χ2v) is 6.90. The van der Waals surface area contributed by atoms with E-state index in [1.54, 1.807) is 23.1 Å². The van der Waals surface area contributed by atoms with Crippen LogP contribution in [0.5, 0.6) is 0 Å². The molecule has 1 aliphatic rings. The molecule has 2 aromatic rings. The molecular formula is C20H21ClN2O2. The Balaban J connectivity index is 1.66. The van der Waals surface area contributed by atoms with Crippen molar-refractivity contribution in [2.75, 3.05) is 18.4 Å². The highest BCUT2D eigenvalue weighted by atomic mass is 35.5. The van der Waals surface area contributed by atoms with Gasteiger partial charge in [0, 0.05) is 29.4 Å². The lowest BCUT2D eigenvalue weighted by atomic mass is 9.96. The molecule has 0 saturated carbocycles. The predicted octanol–water partition coefficient (Wildman–Crippen LogP) is 4.14. The first-order valence-electron chi connectivity index (χ1n) is 8.45. The number of carbonyl (C=O) groups is 2. The fourth-order valence-corrected chi connectivity index (χ4v) is 3.34. The van der Waals surface area contributed by atoms with Crippen LogP contribution in [0.4, 0.5) is 5.69 Å². The predicted molar refractivity (Wildman–Crippen MR) is 99.9 cm³/mol. The van der Waals surface area contributed by atoms with Crippen molar-refractivity contribution in [3.8, 4) is 0 Å². The van der Waals surface area contributed by atoms with Crippen LogP contribution in [0.2, 0.25) is 5.02 Å². The quantitative estimate of drug-likeness (QED) is 0.898. The average molecular weight is 357 g/mol. The van der Waals surface area contributed by atoms with E-state index < -0.39 is 0 Å². The number of piperidine rings is 1. The van der Waals surface area contributed by atoms with Crippen molar-refractivity contribution >= 4 is 29.1 Å². The van der Waals surface area contributed by atoms with Gasteiger partial charge in [0.15, 0.2) is 0 Å². The Bertz CT molecular complexity index is 791. The summed E-state index contributed by atoms with van der Waals surface area (Å²) in [5.41, 5.74) is 2.41. The monoisotopic (exact) mass is 356 g/mol. The topological polar surface area (TPSA) is 49.4 Å². The first-order chi connectivity index (χ1) is 12.0. The summed E-state index contributed by atoms with van der Waals surface area (Å²) in [4.78, 5) is 27.0. The van der Waals surface area contributed by atoms with Gasteiger partial charge in [-0.05, 0) is 50.1 Å². The molecule has 2 aromatic carbocycles. The van der Waals surface area contributed by atoms with Gasteiger partial charge in [0.25, 0.3) is 5.91 Å². The average Bonchev–Trinajstić information content (AvgIpc) is 2.61. The van der Waals surface area contributed by atoms with Crippen molar-refractivity contribution in [2.45, 2.75) is 19.8 Å². The zero-order valence-corrected chi connectivity index (χ0v) is 14.9. The first kappa shape index (κ1) is 17.5. The molecule has 0 radical (unpaired) electrons. The Hall–Kier alpha value is -2.33. The number of hydrogen-bond donors (Lipinski definition) is 1. The van der Waals surface area contributed by atoms with E-state index in [1.165, 1.54) is 0 Å². The molecule has 0 unspecified atom stereocenters. The summed E-state index contributed by atoms with van der Waals surface area (Å²) in [5, 5.41) is 3.48. The van der Waals surface area contributed by atoms with Crippen molar-refractivity contribution in [2.24, 2.45) is 5.92 Å². The lowest BCUT2D eigenvalue weighted by Crippen LogP contribution is -2.43. The highest BCUT2D eigenvalue weighted by Gasteiger charge is 2.29. The van der Waals surface area contributed by atoms with E-state index in [9.17, 15) is 9.59 Å². The zero-order chi connectivity index (χ0) is 17.8. The number of rotatable bonds is 3. The van der Waals surface area contributed by atoms with E-state index in [1.807, 2.05) is 37.3 Å². The molecule has 5 heteroatoms. The second kappa shape index (κ2) is 7.70. The fourth-order valence-electron chi connectivity index (χ4n) is 3.15. The summed E-state index contributed by atoms with van der Waals surface area (Å²) >= 11 is 5.96. The Labute approximate surface area is 152 Å². The van der Waals surface area contributed by atoms with Crippen LogP contribution < -0.4 is 5.32 Å². The molecule has 0 bridgehead atoms. The van der Waals surface area contributed by atoms with Crippen molar-refractivity contribution < 1.29 is 9.59 Å². The van der Waals surface area contributed by atoms with E-state index in [-0.39, 0.29) is 17.7 Å². The SMILES string of the molecule is Cc1cccc(C(=O)N2CCC[C@H](C(=O)Nc3cccc(Cl)c3)C2)c1. The number of nitrogens with zero attached hydrogens (tertiary/aromatic N) is 1. The van der Waals surface area contributed by atoms with Gasteiger partial charge in [-0.1, -0.05) is 35.4 Å². The van der Waals surface area contributed by atoms with E-state index >= 15 is 0 Å². The molecule has 3 rings (SSSR count). The van der Waals surface area contributed by atoms with E-state index in [4.69, 9.17) is 11.6 Å². The number of carbonyl (C=O) groups excluding carboxylic acids is 2. The third-order valence-electron chi connectivity index (χ3n) is 4.44. The van der Waals surface area contributed by atoms with Gasteiger partial charge < -0.3 is 10.2 Å². The number of amides is 2. The summed E-state index contributed by atoms with van der Waals surface area (Å²) in [6.07, 6.45) is 1.61. The number of likely N-dealkylation sites (tertiary alicyclic amines) is 1. The highest BCUT2D eigenvalue weighted by molar-refractivity contribution is 6.30. The molecule has 1 fully saturated rings. The minimum Gasteiger partial charge on any atom is -0.338 e. The van der Waals surface area contributed by atoms with Gasteiger partial charge >= 0.3 is 0 Å². The summed E-state index contributed by atoms with van der Waals surface area (Å²) in [5.74, 6) is -0.283. The number of anilines is 1. The molecule has 0 spiro atoms. The van der Waals surface area contributed by atoms with Gasteiger partial charge in [-0.25, -0.2) is 0 Å². The number of nitrogens with one attached hydrogen (secondary N) is 1. The van der Waals surface area contributed by atoms with Crippen LogP contribution in [0.25, 0.3) is 0 Å². The largest absolute Gasteiger partial charge is 0.338 e. The minimum absolute atomic E-state index is 0.0102. The van der Waals surface area contributed by atoms with Crippen LogP contribution in [0.3, 0.4) is 0 Å². The van der Waals surface area contributed by atoms with Gasteiger partial charge in [0.2, 0.25) is 5.91 Å². The summed E-state index contributed by atoms with van der Waals surface area (Å²) in [6, 6.07) is 14.7. The van der Waals surface area contributed by atoms with Crippen molar-refractivity contribution in [1.82, 2.24) is 4.90 Å². The third-order valence-corrected chi connectivity index (χ3v) is 4.67. The molecule has 4 nitrogen and oxygen atoms in total. The van der Waals surface area contributed by atoms with Gasteiger partial charge in [-0.15, -0.1) is 0 Å². The molecule has 2 amide bonds. The lowest BCUT2D eigenvalue weighted by Gasteiger charge is -2.32. The molecule has 0 aromatic heterocycles. The Kier molecular flexibility index (Phi) is 5.39. The van der Waals surface area contributed by atoms with Crippen molar-refractivity contribution in [3.63, 3.8) is 0 Å². The maximum atomic E-state index is 12.7. The normalized spacial score (nSPS) is 17.2. The number of aryl methyl sites for hydroxylation is 1. The van der Waals surface area contributed by atoms with Crippen molar-refractivity contribution in [3.05, 3.63) is 64.7 Å².